The molecule has 0 heterocycles. The molecule has 3 rings (SSSR count). The van der Waals surface area contributed by atoms with Gasteiger partial charge in [-0.1, -0.05) is 13.2 Å². The van der Waals surface area contributed by atoms with Gasteiger partial charge in [-0.2, -0.15) is 0 Å². The maximum Gasteiger partial charge on any atom is 0.330 e. The fourth-order valence-corrected chi connectivity index (χ4v) is 6.16. The Morgan fingerprint density at radius 2 is 1.05 bits per heavy atom. The Kier molecular flexibility index (Phi) is 17.7. The minimum Gasteiger partial charge on any atom is -0.462 e. The summed E-state index contributed by atoms with van der Waals surface area (Å²) in [7, 11) is 0. The Morgan fingerprint density at radius 3 is 1.57 bits per heavy atom. The molecule has 3 aliphatic carbocycles. The first-order chi connectivity index (χ1) is 21.5. The van der Waals surface area contributed by atoms with E-state index in [2.05, 4.69) is 13.2 Å². The van der Waals surface area contributed by atoms with Crippen LogP contribution in [0.5, 0.6) is 0 Å². The average molecular weight is 623 g/mol. The lowest BCUT2D eigenvalue weighted by molar-refractivity contribution is -0.158. The molecule has 0 N–H and O–H groups in total. The van der Waals surface area contributed by atoms with E-state index < -0.39 is 11.9 Å². The first kappa shape index (κ1) is 36.2. The van der Waals surface area contributed by atoms with Crippen LogP contribution in [0.3, 0.4) is 0 Å². The van der Waals surface area contributed by atoms with E-state index in [4.69, 9.17) is 33.2 Å². The molecule has 0 radical (unpaired) electrons. The van der Waals surface area contributed by atoms with Gasteiger partial charge >= 0.3 is 17.9 Å². The maximum atomic E-state index is 12.8. The molecule has 250 valence electrons. The second-order valence-corrected chi connectivity index (χ2v) is 12.1. The Hall–Kier alpha value is -2.27. The number of esters is 3. The van der Waals surface area contributed by atoms with E-state index in [1.807, 2.05) is 0 Å². The summed E-state index contributed by atoms with van der Waals surface area (Å²) in [5, 5.41) is 0. The van der Waals surface area contributed by atoms with Crippen LogP contribution in [0.2, 0.25) is 0 Å². The Balaban J connectivity index is 1.12. The predicted molar refractivity (Wildman–Crippen MR) is 164 cm³/mol. The molecule has 0 spiro atoms. The first-order valence-corrected chi connectivity index (χ1v) is 16.7. The van der Waals surface area contributed by atoms with E-state index in [-0.39, 0.29) is 36.3 Å². The Morgan fingerprint density at radius 1 is 0.568 bits per heavy atom. The van der Waals surface area contributed by atoms with E-state index in [1.165, 1.54) is 6.08 Å². The number of rotatable bonds is 20. The van der Waals surface area contributed by atoms with Gasteiger partial charge in [0.15, 0.2) is 0 Å². The largest absolute Gasteiger partial charge is 0.462 e. The molecule has 0 aromatic carbocycles. The van der Waals surface area contributed by atoms with E-state index in [1.54, 1.807) is 0 Å². The van der Waals surface area contributed by atoms with Crippen molar-refractivity contribution in [1.82, 2.24) is 0 Å². The van der Waals surface area contributed by atoms with Crippen molar-refractivity contribution >= 4 is 17.9 Å². The molecule has 0 aromatic rings. The number of hydrogen-bond donors (Lipinski definition) is 0. The lowest BCUT2D eigenvalue weighted by Gasteiger charge is -2.31. The number of carbonyl (C=O) groups excluding carboxylic acids is 3. The van der Waals surface area contributed by atoms with E-state index in [9.17, 15) is 14.4 Å². The van der Waals surface area contributed by atoms with Crippen molar-refractivity contribution < 1.29 is 47.5 Å². The molecule has 0 saturated heterocycles. The van der Waals surface area contributed by atoms with Crippen LogP contribution in [0.25, 0.3) is 0 Å². The zero-order valence-electron chi connectivity index (χ0n) is 26.5. The molecule has 3 saturated carbocycles. The lowest BCUT2D eigenvalue weighted by Crippen LogP contribution is -2.32. The van der Waals surface area contributed by atoms with Gasteiger partial charge in [-0.25, -0.2) is 9.59 Å². The molecule has 0 aromatic heterocycles. The summed E-state index contributed by atoms with van der Waals surface area (Å²) < 4.78 is 39.3. The summed E-state index contributed by atoms with van der Waals surface area (Å²) in [4.78, 5) is 34.8. The van der Waals surface area contributed by atoms with E-state index in [0.29, 0.717) is 58.6 Å². The molecule has 3 aliphatic rings. The summed E-state index contributed by atoms with van der Waals surface area (Å²) in [5.41, 5.74) is 0. The summed E-state index contributed by atoms with van der Waals surface area (Å²) in [6.07, 6.45) is 16.5. The predicted octanol–water partition coefficient (Wildman–Crippen LogP) is 5.61. The molecule has 44 heavy (non-hydrogen) atoms. The summed E-state index contributed by atoms with van der Waals surface area (Å²) >= 11 is 0. The second-order valence-electron chi connectivity index (χ2n) is 12.1. The molecule has 0 unspecified atom stereocenters. The van der Waals surface area contributed by atoms with Crippen molar-refractivity contribution in [3.63, 3.8) is 0 Å². The van der Waals surface area contributed by atoms with Crippen LogP contribution >= 0.6 is 0 Å². The van der Waals surface area contributed by atoms with Crippen molar-refractivity contribution in [1.29, 1.82) is 0 Å². The van der Waals surface area contributed by atoms with Crippen molar-refractivity contribution in [2.24, 2.45) is 11.8 Å². The van der Waals surface area contributed by atoms with Gasteiger partial charge < -0.3 is 33.2 Å². The highest BCUT2D eigenvalue weighted by Gasteiger charge is 2.31. The second kappa shape index (κ2) is 21.5. The Labute approximate surface area is 263 Å². The van der Waals surface area contributed by atoms with Gasteiger partial charge in [-0.05, 0) is 89.4 Å². The number of ether oxygens (including phenoxy) is 7. The molecule has 0 amide bonds. The van der Waals surface area contributed by atoms with E-state index in [0.717, 1.165) is 89.5 Å². The fourth-order valence-electron chi connectivity index (χ4n) is 6.16. The topological polar surface area (TPSA) is 116 Å². The van der Waals surface area contributed by atoms with Gasteiger partial charge in [-0.3, -0.25) is 4.79 Å². The van der Waals surface area contributed by atoms with Crippen LogP contribution in [0, 0.1) is 11.8 Å². The fraction of sp³-hybridized carbons (Fsp3) is 0.794. The van der Waals surface area contributed by atoms with Crippen molar-refractivity contribution in [3.05, 3.63) is 25.3 Å². The third kappa shape index (κ3) is 14.7. The van der Waals surface area contributed by atoms with Crippen LogP contribution in [-0.2, 0) is 47.5 Å². The van der Waals surface area contributed by atoms with Gasteiger partial charge in [0.2, 0.25) is 0 Å². The molecule has 10 nitrogen and oxygen atoms in total. The molecule has 3 fully saturated rings. The zero-order chi connectivity index (χ0) is 31.4. The van der Waals surface area contributed by atoms with Gasteiger partial charge in [0.25, 0.3) is 0 Å². The molecular weight excluding hydrogens is 568 g/mol. The zero-order valence-corrected chi connectivity index (χ0v) is 26.5. The minimum absolute atomic E-state index is 0.0299. The maximum absolute atomic E-state index is 12.8. The third-order valence-corrected chi connectivity index (χ3v) is 8.87. The third-order valence-electron chi connectivity index (χ3n) is 8.87. The van der Waals surface area contributed by atoms with Crippen molar-refractivity contribution in [2.45, 2.75) is 121 Å². The minimum atomic E-state index is -0.412. The lowest BCUT2D eigenvalue weighted by atomic mass is 9.85. The first-order valence-electron chi connectivity index (χ1n) is 16.7. The number of hydrogen-bond acceptors (Lipinski definition) is 10. The Bertz CT molecular complexity index is 852. The summed E-state index contributed by atoms with van der Waals surface area (Å²) in [6, 6.07) is 0. The van der Waals surface area contributed by atoms with Gasteiger partial charge in [-0.15, -0.1) is 0 Å². The number of carbonyl (C=O) groups is 3. The van der Waals surface area contributed by atoms with E-state index >= 15 is 0 Å². The van der Waals surface area contributed by atoms with Gasteiger partial charge in [0.1, 0.15) is 12.9 Å². The summed E-state index contributed by atoms with van der Waals surface area (Å²) in [6.45, 7) is 9.59. The van der Waals surface area contributed by atoms with Gasteiger partial charge in [0, 0.05) is 31.6 Å². The molecule has 0 aliphatic heterocycles. The van der Waals surface area contributed by atoms with Gasteiger partial charge in [0.05, 0.1) is 50.7 Å². The van der Waals surface area contributed by atoms with Crippen LogP contribution < -0.4 is 0 Å². The molecule has 10 heteroatoms. The standard InChI is InChI=1S/C34H54O10/c1-3-32(35)41-22-5-20-39-28-13-9-27(10-14-28)34(37)44-31-11-7-26(8-12-31)19-24-38-25-43-30-17-15-29(16-18-30)40-21-6-23-42-33(36)4-2/h3-4,26-31H,1-2,5-25H2. The van der Waals surface area contributed by atoms with Crippen LogP contribution in [0.15, 0.2) is 25.3 Å². The average Bonchev–Trinajstić information content (AvgIpc) is 3.05. The SMILES string of the molecule is C=CC(=O)OCCCOC1CCC(OCOCCC2CCC(OC(=O)C3CCC(OCCCOC(=O)C=C)CC3)CC2)CC1. The molecular formula is C34H54O10. The quantitative estimate of drug-likeness (QED) is 0.0558. The van der Waals surface area contributed by atoms with Crippen molar-refractivity contribution in [3.8, 4) is 0 Å². The summed E-state index contributed by atoms with van der Waals surface area (Å²) in [5.74, 6) is -0.280. The smallest absolute Gasteiger partial charge is 0.330 e. The molecule has 0 atom stereocenters. The normalized spacial score (nSPS) is 27.2. The van der Waals surface area contributed by atoms with Crippen LogP contribution in [-0.4, -0.2) is 82.2 Å². The van der Waals surface area contributed by atoms with Crippen LogP contribution in [0.1, 0.15) is 96.3 Å². The monoisotopic (exact) mass is 622 g/mol. The molecule has 0 bridgehead atoms. The van der Waals surface area contributed by atoms with Crippen LogP contribution in [0.4, 0.5) is 0 Å². The van der Waals surface area contributed by atoms with Crippen molar-refractivity contribution in [2.75, 3.05) is 39.8 Å². The highest BCUT2D eigenvalue weighted by molar-refractivity contribution is 5.81. The highest BCUT2D eigenvalue weighted by atomic mass is 16.7. The highest BCUT2D eigenvalue weighted by Crippen LogP contribution is 2.32.